The summed E-state index contributed by atoms with van der Waals surface area (Å²) in [5.74, 6) is -0.0192. The van der Waals surface area contributed by atoms with Crippen molar-refractivity contribution in [3.63, 3.8) is 0 Å². The lowest BCUT2D eigenvalue weighted by Crippen LogP contribution is -2.53. The number of ether oxygens (including phenoxy) is 1. The number of hydrogen-bond donors (Lipinski definition) is 1. The van der Waals surface area contributed by atoms with Gasteiger partial charge in [-0.15, -0.1) is 0 Å². The number of carbonyl (C=O) groups excluding carboxylic acids is 1. The molecule has 0 atom stereocenters. The quantitative estimate of drug-likeness (QED) is 0.487. The highest BCUT2D eigenvalue weighted by atomic mass is 19.1. The predicted octanol–water partition coefficient (Wildman–Crippen LogP) is 3.83. The highest BCUT2D eigenvalue weighted by Crippen LogP contribution is 2.39. The molecule has 0 unspecified atom stereocenters. The van der Waals surface area contributed by atoms with Crippen molar-refractivity contribution in [1.29, 1.82) is 0 Å². The Balaban J connectivity index is 1.71. The molecule has 1 aliphatic heterocycles. The molecule has 9 heteroatoms. The van der Waals surface area contributed by atoms with Gasteiger partial charge in [0, 0.05) is 49.5 Å². The molecule has 1 saturated heterocycles. The van der Waals surface area contributed by atoms with Gasteiger partial charge in [-0.25, -0.2) is 18.7 Å². The first-order valence-corrected chi connectivity index (χ1v) is 10.7. The fraction of sp³-hybridized carbons (Fsp3) is 0.200. The maximum Gasteiger partial charge on any atom is 0.226 e. The zero-order valence-corrected chi connectivity index (χ0v) is 18.5. The molecule has 0 aliphatic carbocycles. The molecule has 3 heterocycles. The molecular formula is C25H21F2N5O2. The van der Waals surface area contributed by atoms with Gasteiger partial charge in [0.2, 0.25) is 5.91 Å². The Hall–Kier alpha value is -4.14. The molecule has 0 radical (unpaired) electrons. The smallest absolute Gasteiger partial charge is 0.226 e. The van der Waals surface area contributed by atoms with Gasteiger partial charge < -0.3 is 15.0 Å². The number of benzene rings is 2. The van der Waals surface area contributed by atoms with Crippen molar-refractivity contribution >= 4 is 22.6 Å². The second kappa shape index (κ2) is 8.66. The molecule has 1 N–H and O–H groups in total. The van der Waals surface area contributed by atoms with Gasteiger partial charge in [-0.05, 0) is 47.5 Å². The van der Waals surface area contributed by atoms with Crippen LogP contribution < -0.4 is 15.0 Å². The van der Waals surface area contributed by atoms with Crippen LogP contribution in [-0.2, 0) is 4.79 Å². The van der Waals surface area contributed by atoms with Crippen LogP contribution in [0.25, 0.3) is 33.4 Å². The Kier molecular flexibility index (Phi) is 5.53. The van der Waals surface area contributed by atoms with E-state index in [0.717, 1.165) is 11.6 Å². The fourth-order valence-electron chi connectivity index (χ4n) is 4.11. The van der Waals surface area contributed by atoms with Crippen molar-refractivity contribution in [2.45, 2.75) is 0 Å². The number of halogens is 2. The van der Waals surface area contributed by atoms with E-state index in [-0.39, 0.29) is 11.8 Å². The van der Waals surface area contributed by atoms with Crippen LogP contribution in [0.1, 0.15) is 0 Å². The number of amides is 1. The van der Waals surface area contributed by atoms with Gasteiger partial charge in [0.15, 0.2) is 5.82 Å². The van der Waals surface area contributed by atoms with Gasteiger partial charge in [0.05, 0.1) is 13.0 Å². The lowest BCUT2D eigenvalue weighted by Gasteiger charge is -2.39. The summed E-state index contributed by atoms with van der Waals surface area (Å²) in [7, 11) is 3.13. The Morgan fingerprint density at radius 1 is 1.06 bits per heavy atom. The van der Waals surface area contributed by atoms with Crippen molar-refractivity contribution in [3.8, 4) is 28.3 Å². The molecular weight excluding hydrogens is 440 g/mol. The monoisotopic (exact) mass is 461 g/mol. The molecule has 0 bridgehead atoms. The molecule has 2 aromatic heterocycles. The SMILES string of the molecule is CNC(=O)C1CN(c2nc(-c3cccnc3)nc3c(OC)cc(-c4cc(F)cc(F)c4)cc23)C1. The summed E-state index contributed by atoms with van der Waals surface area (Å²) in [5, 5.41) is 3.33. The standard InChI is InChI=1S/C25H21F2N5O2/c1-28-25(33)17-12-32(13-17)24-20-8-16(15-6-18(26)10-19(27)7-15)9-21(34-2)22(20)30-23(31-24)14-4-3-5-29-11-14/h3-11,17H,12-13H2,1-2H3,(H,28,33). The van der Waals surface area contributed by atoms with Crippen molar-refractivity contribution in [1.82, 2.24) is 20.3 Å². The van der Waals surface area contributed by atoms with E-state index >= 15 is 0 Å². The third-order valence-electron chi connectivity index (χ3n) is 5.88. The zero-order valence-electron chi connectivity index (χ0n) is 18.5. The highest BCUT2D eigenvalue weighted by molar-refractivity contribution is 5.99. The number of hydrogen-bond acceptors (Lipinski definition) is 6. The minimum atomic E-state index is -0.673. The highest BCUT2D eigenvalue weighted by Gasteiger charge is 2.34. The van der Waals surface area contributed by atoms with Crippen LogP contribution in [0.15, 0.2) is 54.9 Å². The third kappa shape index (κ3) is 3.89. The van der Waals surface area contributed by atoms with E-state index in [4.69, 9.17) is 14.7 Å². The maximum atomic E-state index is 13.9. The van der Waals surface area contributed by atoms with Crippen LogP contribution in [0.4, 0.5) is 14.6 Å². The number of pyridine rings is 1. The van der Waals surface area contributed by atoms with Crippen molar-refractivity contribution in [2.24, 2.45) is 5.92 Å². The molecule has 0 spiro atoms. The van der Waals surface area contributed by atoms with E-state index in [1.165, 1.54) is 19.2 Å². The number of methoxy groups -OCH3 is 1. The number of rotatable bonds is 5. The predicted molar refractivity (Wildman–Crippen MR) is 124 cm³/mol. The maximum absolute atomic E-state index is 13.9. The van der Waals surface area contributed by atoms with Crippen LogP contribution in [0.5, 0.6) is 5.75 Å². The normalized spacial score (nSPS) is 13.6. The number of fused-ring (bicyclic) bond motifs is 1. The van der Waals surface area contributed by atoms with Gasteiger partial charge >= 0.3 is 0 Å². The summed E-state index contributed by atoms with van der Waals surface area (Å²) in [5.41, 5.74) is 2.21. The first-order valence-electron chi connectivity index (χ1n) is 10.7. The van der Waals surface area contributed by atoms with Gasteiger partial charge in [-0.1, -0.05) is 0 Å². The topological polar surface area (TPSA) is 80.2 Å². The molecule has 34 heavy (non-hydrogen) atoms. The number of nitrogens with zero attached hydrogens (tertiary/aromatic N) is 4. The largest absolute Gasteiger partial charge is 0.494 e. The Morgan fingerprint density at radius 3 is 2.44 bits per heavy atom. The third-order valence-corrected chi connectivity index (χ3v) is 5.88. The van der Waals surface area contributed by atoms with E-state index in [0.29, 0.717) is 52.5 Å². The fourth-order valence-corrected chi connectivity index (χ4v) is 4.11. The first-order chi connectivity index (χ1) is 16.5. The molecule has 0 saturated carbocycles. The Morgan fingerprint density at radius 2 is 1.79 bits per heavy atom. The summed E-state index contributed by atoms with van der Waals surface area (Å²) in [6.45, 7) is 0.971. The van der Waals surface area contributed by atoms with Gasteiger partial charge in [0.25, 0.3) is 0 Å². The van der Waals surface area contributed by atoms with E-state index in [2.05, 4.69) is 10.3 Å². The van der Waals surface area contributed by atoms with Crippen LogP contribution in [0.2, 0.25) is 0 Å². The summed E-state index contributed by atoms with van der Waals surface area (Å²) in [4.78, 5) is 27.7. The van der Waals surface area contributed by atoms with Crippen LogP contribution >= 0.6 is 0 Å². The van der Waals surface area contributed by atoms with Gasteiger partial charge in [0.1, 0.15) is 28.7 Å². The zero-order chi connectivity index (χ0) is 23.8. The average molecular weight is 461 g/mol. The van der Waals surface area contributed by atoms with Crippen LogP contribution in [-0.4, -0.2) is 48.1 Å². The Labute approximate surface area is 194 Å². The second-order valence-electron chi connectivity index (χ2n) is 8.06. The van der Waals surface area contributed by atoms with Crippen molar-refractivity contribution in [2.75, 3.05) is 32.1 Å². The summed E-state index contributed by atoms with van der Waals surface area (Å²) < 4.78 is 33.5. The molecule has 1 amide bonds. The molecule has 172 valence electrons. The molecule has 7 nitrogen and oxygen atoms in total. The first kappa shape index (κ1) is 21.7. The minimum Gasteiger partial charge on any atom is -0.494 e. The van der Waals surface area contributed by atoms with E-state index < -0.39 is 11.6 Å². The second-order valence-corrected chi connectivity index (χ2v) is 8.06. The number of carbonyl (C=O) groups is 1. The Bertz CT molecular complexity index is 1370. The lowest BCUT2D eigenvalue weighted by molar-refractivity contribution is -0.125. The number of anilines is 1. The number of nitrogens with one attached hydrogen (secondary N) is 1. The molecule has 1 aliphatic rings. The molecule has 1 fully saturated rings. The summed E-state index contributed by atoms with van der Waals surface area (Å²) in [6.07, 6.45) is 3.34. The van der Waals surface area contributed by atoms with E-state index in [1.807, 2.05) is 11.0 Å². The molecule has 5 rings (SSSR count). The van der Waals surface area contributed by atoms with E-state index in [1.54, 1.807) is 37.6 Å². The lowest BCUT2D eigenvalue weighted by atomic mass is 9.97. The minimum absolute atomic E-state index is 0.0319. The van der Waals surface area contributed by atoms with Crippen LogP contribution in [0.3, 0.4) is 0 Å². The molecule has 2 aromatic carbocycles. The summed E-state index contributed by atoms with van der Waals surface area (Å²) in [6, 6.07) is 10.5. The number of aromatic nitrogens is 3. The summed E-state index contributed by atoms with van der Waals surface area (Å²) >= 11 is 0. The average Bonchev–Trinajstić information content (AvgIpc) is 2.82. The molecule has 4 aromatic rings. The van der Waals surface area contributed by atoms with Crippen molar-refractivity contribution < 1.29 is 18.3 Å². The van der Waals surface area contributed by atoms with Gasteiger partial charge in [-0.3, -0.25) is 9.78 Å². The van der Waals surface area contributed by atoms with E-state index in [9.17, 15) is 13.6 Å². The van der Waals surface area contributed by atoms with Crippen molar-refractivity contribution in [3.05, 3.63) is 66.5 Å². The van der Waals surface area contributed by atoms with Gasteiger partial charge in [-0.2, -0.15) is 0 Å². The van der Waals surface area contributed by atoms with Crippen LogP contribution in [0, 0.1) is 17.6 Å².